The predicted molar refractivity (Wildman–Crippen MR) is 64.7 cm³/mol. The fourth-order valence-electron chi connectivity index (χ4n) is 1.79. The number of hydrogen-bond acceptors (Lipinski definition) is 4. The summed E-state index contributed by atoms with van der Waals surface area (Å²) in [4.78, 5) is 35.8. The molecule has 0 radical (unpaired) electrons. The molecule has 1 heterocycles. The minimum Gasteiger partial charge on any atom is -0.466 e. The van der Waals surface area contributed by atoms with Crippen molar-refractivity contribution < 1.29 is 19.1 Å². The van der Waals surface area contributed by atoms with Crippen molar-refractivity contribution in [3.8, 4) is 0 Å². The van der Waals surface area contributed by atoms with Crippen LogP contribution in [0.5, 0.6) is 0 Å². The number of rotatable bonds is 6. The molecular formula is C12H20N2O4. The highest BCUT2D eigenvalue weighted by atomic mass is 16.5. The van der Waals surface area contributed by atoms with Crippen LogP contribution in [0.25, 0.3) is 0 Å². The van der Waals surface area contributed by atoms with Gasteiger partial charge in [0.25, 0.3) is 0 Å². The summed E-state index contributed by atoms with van der Waals surface area (Å²) in [6.07, 6.45) is 2.18. The molecule has 0 bridgehead atoms. The van der Waals surface area contributed by atoms with Crippen molar-refractivity contribution in [3.05, 3.63) is 0 Å². The Bertz CT molecular complexity index is 311. The van der Waals surface area contributed by atoms with E-state index in [1.54, 1.807) is 11.8 Å². The first-order valence-corrected chi connectivity index (χ1v) is 6.33. The van der Waals surface area contributed by atoms with Gasteiger partial charge in [-0.05, 0) is 19.8 Å². The van der Waals surface area contributed by atoms with E-state index in [2.05, 4.69) is 5.32 Å². The molecule has 2 amide bonds. The highest BCUT2D eigenvalue weighted by Crippen LogP contribution is 2.06. The zero-order valence-electron chi connectivity index (χ0n) is 10.7. The first kappa shape index (κ1) is 14.5. The number of amides is 2. The molecule has 1 N–H and O–H groups in total. The van der Waals surface area contributed by atoms with Gasteiger partial charge in [0.1, 0.15) is 0 Å². The van der Waals surface area contributed by atoms with Crippen LogP contribution in [0.3, 0.4) is 0 Å². The quantitative estimate of drug-likeness (QED) is 0.682. The van der Waals surface area contributed by atoms with Crippen LogP contribution in [0.1, 0.15) is 32.6 Å². The first-order chi connectivity index (χ1) is 8.63. The summed E-state index contributed by atoms with van der Waals surface area (Å²) < 4.78 is 4.71. The van der Waals surface area contributed by atoms with E-state index in [4.69, 9.17) is 4.74 Å². The fraction of sp³-hybridized carbons (Fsp3) is 0.750. The van der Waals surface area contributed by atoms with E-state index in [1.165, 1.54) is 0 Å². The molecule has 102 valence electrons. The molecule has 0 aromatic heterocycles. The molecule has 6 nitrogen and oxygen atoms in total. The Morgan fingerprint density at radius 2 is 1.83 bits per heavy atom. The van der Waals surface area contributed by atoms with Gasteiger partial charge in [-0.1, -0.05) is 0 Å². The third-order valence-corrected chi connectivity index (χ3v) is 2.76. The van der Waals surface area contributed by atoms with Crippen LogP contribution in [0.4, 0.5) is 0 Å². The normalized spacial score (nSPS) is 14.4. The molecule has 1 aliphatic rings. The van der Waals surface area contributed by atoms with Gasteiger partial charge in [0, 0.05) is 19.5 Å². The number of carbonyl (C=O) groups excluding carboxylic acids is 3. The molecule has 0 aromatic carbocycles. The van der Waals surface area contributed by atoms with Crippen LogP contribution in [-0.4, -0.2) is 48.9 Å². The van der Waals surface area contributed by atoms with Gasteiger partial charge in [-0.2, -0.15) is 0 Å². The Morgan fingerprint density at radius 3 is 2.44 bits per heavy atom. The fourth-order valence-corrected chi connectivity index (χ4v) is 1.79. The Hall–Kier alpha value is -1.59. The SMILES string of the molecule is CCOC(=O)CCC(=O)NCC(=O)N1CCCC1. The zero-order valence-corrected chi connectivity index (χ0v) is 10.7. The van der Waals surface area contributed by atoms with Crippen LogP contribution in [0, 0.1) is 0 Å². The summed E-state index contributed by atoms with van der Waals surface area (Å²) in [5, 5.41) is 2.52. The van der Waals surface area contributed by atoms with Crippen LogP contribution >= 0.6 is 0 Å². The number of carbonyl (C=O) groups is 3. The molecule has 0 unspecified atom stereocenters. The number of nitrogens with one attached hydrogen (secondary N) is 1. The highest BCUT2D eigenvalue weighted by molar-refractivity contribution is 5.86. The number of hydrogen-bond donors (Lipinski definition) is 1. The third kappa shape index (κ3) is 5.16. The van der Waals surface area contributed by atoms with Crippen LogP contribution in [0.2, 0.25) is 0 Å². The minimum atomic E-state index is -0.390. The molecule has 18 heavy (non-hydrogen) atoms. The number of esters is 1. The maximum Gasteiger partial charge on any atom is 0.306 e. The molecule has 0 aliphatic carbocycles. The van der Waals surface area contributed by atoms with E-state index in [9.17, 15) is 14.4 Å². The number of nitrogens with zero attached hydrogens (tertiary/aromatic N) is 1. The van der Waals surface area contributed by atoms with Gasteiger partial charge in [0.05, 0.1) is 19.6 Å². The Labute approximate surface area is 107 Å². The van der Waals surface area contributed by atoms with Crippen LogP contribution in [0.15, 0.2) is 0 Å². The van der Waals surface area contributed by atoms with E-state index in [1.807, 2.05) is 0 Å². The lowest BCUT2D eigenvalue weighted by atomic mass is 10.3. The lowest BCUT2D eigenvalue weighted by Gasteiger charge is -2.15. The maximum absolute atomic E-state index is 11.6. The summed E-state index contributed by atoms with van der Waals surface area (Å²) in [6.45, 7) is 3.59. The molecule has 1 rings (SSSR count). The zero-order chi connectivity index (χ0) is 13.4. The van der Waals surface area contributed by atoms with Crippen molar-refractivity contribution in [1.82, 2.24) is 10.2 Å². The van der Waals surface area contributed by atoms with E-state index >= 15 is 0 Å². The van der Waals surface area contributed by atoms with Crippen molar-refractivity contribution in [1.29, 1.82) is 0 Å². The molecule has 1 saturated heterocycles. The van der Waals surface area contributed by atoms with Gasteiger partial charge in [-0.3, -0.25) is 14.4 Å². The molecule has 0 atom stereocenters. The summed E-state index contributed by atoms with van der Waals surface area (Å²) >= 11 is 0. The Kier molecular flexibility index (Phi) is 6.18. The van der Waals surface area contributed by atoms with Gasteiger partial charge in [0.15, 0.2) is 0 Å². The van der Waals surface area contributed by atoms with Crippen molar-refractivity contribution in [2.45, 2.75) is 32.6 Å². The largest absolute Gasteiger partial charge is 0.466 e. The smallest absolute Gasteiger partial charge is 0.306 e. The molecule has 0 aromatic rings. The van der Waals surface area contributed by atoms with E-state index in [0.717, 1.165) is 25.9 Å². The third-order valence-electron chi connectivity index (χ3n) is 2.76. The van der Waals surface area contributed by atoms with E-state index in [0.29, 0.717) is 6.61 Å². The average molecular weight is 256 g/mol. The summed E-state index contributed by atoms with van der Waals surface area (Å²) in [5.74, 6) is -0.744. The molecule has 1 aliphatic heterocycles. The van der Waals surface area contributed by atoms with Crippen LogP contribution in [-0.2, 0) is 19.1 Å². The average Bonchev–Trinajstić information content (AvgIpc) is 2.87. The highest BCUT2D eigenvalue weighted by Gasteiger charge is 2.18. The van der Waals surface area contributed by atoms with E-state index in [-0.39, 0.29) is 31.2 Å². The maximum atomic E-state index is 11.6. The second-order valence-corrected chi connectivity index (χ2v) is 4.17. The molecule has 1 fully saturated rings. The van der Waals surface area contributed by atoms with Gasteiger partial charge in [-0.25, -0.2) is 0 Å². The minimum absolute atomic E-state index is 0.0155. The lowest BCUT2D eigenvalue weighted by Crippen LogP contribution is -2.38. The predicted octanol–water partition coefficient (Wildman–Crippen LogP) is 0.0683. The van der Waals surface area contributed by atoms with Crippen molar-refractivity contribution >= 4 is 17.8 Å². The van der Waals surface area contributed by atoms with Gasteiger partial charge in [-0.15, -0.1) is 0 Å². The molecular weight excluding hydrogens is 236 g/mol. The summed E-state index contributed by atoms with van der Waals surface area (Å²) in [5.41, 5.74) is 0. The monoisotopic (exact) mass is 256 g/mol. The Morgan fingerprint density at radius 1 is 1.17 bits per heavy atom. The van der Waals surface area contributed by atoms with Crippen LogP contribution < -0.4 is 5.32 Å². The molecule has 6 heteroatoms. The summed E-state index contributed by atoms with van der Waals surface area (Å²) in [6, 6.07) is 0. The standard InChI is InChI=1S/C12H20N2O4/c1-2-18-12(17)6-5-10(15)13-9-11(16)14-7-3-4-8-14/h2-9H2,1H3,(H,13,15). The second kappa shape index (κ2) is 7.68. The first-order valence-electron chi connectivity index (χ1n) is 6.33. The summed E-state index contributed by atoms with van der Waals surface area (Å²) in [7, 11) is 0. The lowest BCUT2D eigenvalue weighted by molar-refractivity contribution is -0.144. The molecule has 0 spiro atoms. The second-order valence-electron chi connectivity index (χ2n) is 4.17. The number of likely N-dealkylation sites (tertiary alicyclic amines) is 1. The van der Waals surface area contributed by atoms with Gasteiger partial charge in [0.2, 0.25) is 11.8 Å². The number of ether oxygens (including phenoxy) is 1. The van der Waals surface area contributed by atoms with Crippen molar-refractivity contribution in [2.24, 2.45) is 0 Å². The van der Waals surface area contributed by atoms with Crippen molar-refractivity contribution in [3.63, 3.8) is 0 Å². The topological polar surface area (TPSA) is 75.7 Å². The Balaban J connectivity index is 2.12. The van der Waals surface area contributed by atoms with Gasteiger partial charge < -0.3 is 15.0 Å². The molecule has 0 saturated carbocycles. The van der Waals surface area contributed by atoms with E-state index < -0.39 is 5.97 Å². The van der Waals surface area contributed by atoms with Crippen molar-refractivity contribution in [2.75, 3.05) is 26.2 Å². The van der Waals surface area contributed by atoms with Gasteiger partial charge >= 0.3 is 5.97 Å².